The van der Waals surface area contributed by atoms with E-state index in [1.807, 2.05) is 24.3 Å². The molecule has 1 aromatic carbocycles. The van der Waals surface area contributed by atoms with Gasteiger partial charge in [0, 0.05) is 25.5 Å². The average Bonchev–Trinajstić information content (AvgIpc) is 2.59. The van der Waals surface area contributed by atoms with Gasteiger partial charge in [-0.25, -0.2) is 9.97 Å². The van der Waals surface area contributed by atoms with Gasteiger partial charge < -0.3 is 15.4 Å². The Morgan fingerprint density at radius 1 is 1.18 bits per heavy atom. The number of ether oxygens (including phenoxy) is 1. The van der Waals surface area contributed by atoms with Gasteiger partial charge in [0.15, 0.2) is 0 Å². The van der Waals surface area contributed by atoms with Crippen molar-refractivity contribution in [1.29, 1.82) is 0 Å². The summed E-state index contributed by atoms with van der Waals surface area (Å²) in [7, 11) is 0. The number of nitrogens with one attached hydrogen (secondary N) is 2. The Morgan fingerprint density at radius 2 is 2.00 bits per heavy atom. The van der Waals surface area contributed by atoms with Crippen LogP contribution in [0.4, 0.5) is 5.95 Å². The Balaban J connectivity index is 1.43. The molecule has 2 heterocycles. The van der Waals surface area contributed by atoms with Crippen LogP contribution in [0.1, 0.15) is 5.56 Å². The minimum Gasteiger partial charge on any atom is -0.492 e. The molecule has 1 aliphatic heterocycles. The maximum absolute atomic E-state index is 12.2. The standard InChI is InChI=1S/C16H18N4O2/c21-15(17-8-9-20-16-18-6-3-7-19-16)13-10-12-4-1-2-5-14(12)22-11-13/h1-7,13H,8-11H2,(H,17,21)(H,18,19,20)/t13-/m0/s1. The summed E-state index contributed by atoms with van der Waals surface area (Å²) in [5.41, 5.74) is 1.09. The number of rotatable bonds is 5. The van der Waals surface area contributed by atoms with E-state index >= 15 is 0 Å². The summed E-state index contributed by atoms with van der Waals surface area (Å²) in [5.74, 6) is 1.33. The Hall–Kier alpha value is -2.63. The molecule has 6 heteroatoms. The van der Waals surface area contributed by atoms with Gasteiger partial charge in [-0.05, 0) is 24.1 Å². The summed E-state index contributed by atoms with van der Waals surface area (Å²) in [6, 6.07) is 9.60. The van der Waals surface area contributed by atoms with Crippen LogP contribution < -0.4 is 15.4 Å². The number of hydrogen-bond donors (Lipinski definition) is 2. The van der Waals surface area contributed by atoms with Gasteiger partial charge in [-0.2, -0.15) is 0 Å². The zero-order valence-electron chi connectivity index (χ0n) is 12.2. The Kier molecular flexibility index (Phi) is 4.48. The highest BCUT2D eigenvalue weighted by molar-refractivity contribution is 5.79. The second kappa shape index (κ2) is 6.89. The smallest absolute Gasteiger partial charge is 0.226 e. The van der Waals surface area contributed by atoms with E-state index in [0.29, 0.717) is 25.6 Å². The summed E-state index contributed by atoms with van der Waals surface area (Å²) < 4.78 is 5.64. The Morgan fingerprint density at radius 3 is 2.86 bits per heavy atom. The summed E-state index contributed by atoms with van der Waals surface area (Å²) >= 11 is 0. The lowest BCUT2D eigenvalue weighted by atomic mass is 9.96. The third-order valence-electron chi connectivity index (χ3n) is 3.52. The molecule has 2 N–H and O–H groups in total. The van der Waals surface area contributed by atoms with Gasteiger partial charge in [0.05, 0.1) is 5.92 Å². The van der Waals surface area contributed by atoms with Crippen LogP contribution in [0.25, 0.3) is 0 Å². The van der Waals surface area contributed by atoms with Gasteiger partial charge in [0.2, 0.25) is 11.9 Å². The van der Waals surface area contributed by atoms with Crippen LogP contribution in [-0.4, -0.2) is 35.6 Å². The molecule has 0 fully saturated rings. The summed E-state index contributed by atoms with van der Waals surface area (Å²) in [6.45, 7) is 1.53. The number of amides is 1. The molecule has 0 unspecified atom stereocenters. The van der Waals surface area contributed by atoms with Gasteiger partial charge >= 0.3 is 0 Å². The molecule has 3 rings (SSSR count). The number of nitrogens with zero attached hydrogens (tertiary/aromatic N) is 2. The summed E-state index contributed by atoms with van der Waals surface area (Å²) in [5, 5.41) is 5.97. The first-order chi connectivity index (χ1) is 10.8. The van der Waals surface area contributed by atoms with Crippen LogP contribution in [0.15, 0.2) is 42.7 Å². The van der Waals surface area contributed by atoms with Crippen molar-refractivity contribution in [3.63, 3.8) is 0 Å². The topological polar surface area (TPSA) is 76.1 Å². The Labute approximate surface area is 128 Å². The summed E-state index contributed by atoms with van der Waals surface area (Å²) in [4.78, 5) is 20.3. The number of hydrogen-bond acceptors (Lipinski definition) is 5. The molecule has 0 bridgehead atoms. The summed E-state index contributed by atoms with van der Waals surface area (Å²) in [6.07, 6.45) is 4.06. The van der Waals surface area contributed by atoms with E-state index < -0.39 is 0 Å². The molecule has 22 heavy (non-hydrogen) atoms. The molecule has 1 amide bonds. The predicted molar refractivity (Wildman–Crippen MR) is 82.7 cm³/mol. The molecule has 1 aromatic heterocycles. The monoisotopic (exact) mass is 298 g/mol. The first-order valence-corrected chi connectivity index (χ1v) is 7.32. The maximum Gasteiger partial charge on any atom is 0.226 e. The molecule has 1 atom stereocenters. The largest absolute Gasteiger partial charge is 0.492 e. The molecule has 114 valence electrons. The molecule has 0 aliphatic carbocycles. The van der Waals surface area contributed by atoms with Crippen molar-refractivity contribution in [1.82, 2.24) is 15.3 Å². The fraction of sp³-hybridized carbons (Fsp3) is 0.312. The number of carbonyl (C=O) groups is 1. The molecule has 1 aliphatic rings. The second-order valence-electron chi connectivity index (χ2n) is 5.11. The third-order valence-corrected chi connectivity index (χ3v) is 3.52. The normalized spacial score (nSPS) is 16.3. The maximum atomic E-state index is 12.2. The third kappa shape index (κ3) is 3.52. The molecule has 0 saturated carbocycles. The fourth-order valence-electron chi connectivity index (χ4n) is 2.39. The van der Waals surface area contributed by atoms with E-state index in [-0.39, 0.29) is 11.8 Å². The lowest BCUT2D eigenvalue weighted by Crippen LogP contribution is -2.39. The molecule has 0 spiro atoms. The number of para-hydroxylation sites is 1. The Bertz CT molecular complexity index is 633. The zero-order chi connectivity index (χ0) is 15.2. The number of benzene rings is 1. The highest BCUT2D eigenvalue weighted by Crippen LogP contribution is 2.26. The van der Waals surface area contributed by atoms with Crippen LogP contribution >= 0.6 is 0 Å². The lowest BCUT2D eigenvalue weighted by Gasteiger charge is -2.24. The zero-order valence-corrected chi connectivity index (χ0v) is 12.2. The van der Waals surface area contributed by atoms with E-state index in [2.05, 4.69) is 20.6 Å². The second-order valence-corrected chi connectivity index (χ2v) is 5.11. The van der Waals surface area contributed by atoms with Crippen molar-refractivity contribution in [3.05, 3.63) is 48.3 Å². The van der Waals surface area contributed by atoms with Gasteiger partial charge in [0.1, 0.15) is 12.4 Å². The van der Waals surface area contributed by atoms with E-state index in [9.17, 15) is 4.79 Å². The van der Waals surface area contributed by atoms with E-state index in [0.717, 1.165) is 17.7 Å². The van der Waals surface area contributed by atoms with Gasteiger partial charge in [-0.3, -0.25) is 4.79 Å². The average molecular weight is 298 g/mol. The van der Waals surface area contributed by atoms with Gasteiger partial charge in [-0.15, -0.1) is 0 Å². The van der Waals surface area contributed by atoms with E-state index in [1.165, 1.54) is 0 Å². The SMILES string of the molecule is O=C(NCCNc1ncccn1)[C@@H]1COc2ccccc2C1. The van der Waals surface area contributed by atoms with Crippen molar-refractivity contribution in [2.45, 2.75) is 6.42 Å². The highest BCUT2D eigenvalue weighted by Gasteiger charge is 2.25. The molecular formula is C16H18N4O2. The minimum atomic E-state index is -0.136. The lowest BCUT2D eigenvalue weighted by molar-refractivity contribution is -0.126. The molecule has 6 nitrogen and oxygen atoms in total. The van der Waals surface area contributed by atoms with Crippen LogP contribution in [0.5, 0.6) is 5.75 Å². The van der Waals surface area contributed by atoms with Gasteiger partial charge in [-0.1, -0.05) is 18.2 Å². The number of aromatic nitrogens is 2. The van der Waals surface area contributed by atoms with Crippen LogP contribution in [-0.2, 0) is 11.2 Å². The van der Waals surface area contributed by atoms with Crippen molar-refractivity contribution >= 4 is 11.9 Å². The van der Waals surface area contributed by atoms with Gasteiger partial charge in [0.25, 0.3) is 0 Å². The first-order valence-electron chi connectivity index (χ1n) is 7.32. The van der Waals surface area contributed by atoms with Crippen molar-refractivity contribution < 1.29 is 9.53 Å². The molecule has 0 radical (unpaired) electrons. The van der Waals surface area contributed by atoms with Crippen LogP contribution in [0, 0.1) is 5.92 Å². The fourth-order valence-corrected chi connectivity index (χ4v) is 2.39. The number of fused-ring (bicyclic) bond motifs is 1. The molecule has 2 aromatic rings. The van der Waals surface area contributed by atoms with Crippen molar-refractivity contribution in [2.24, 2.45) is 5.92 Å². The highest BCUT2D eigenvalue weighted by atomic mass is 16.5. The number of carbonyl (C=O) groups excluding carboxylic acids is 1. The molecule has 0 saturated heterocycles. The minimum absolute atomic E-state index is 0.0188. The van der Waals surface area contributed by atoms with Crippen molar-refractivity contribution in [3.8, 4) is 5.75 Å². The van der Waals surface area contributed by atoms with Crippen LogP contribution in [0.2, 0.25) is 0 Å². The molecular weight excluding hydrogens is 280 g/mol. The van der Waals surface area contributed by atoms with E-state index in [4.69, 9.17) is 4.74 Å². The number of anilines is 1. The van der Waals surface area contributed by atoms with Crippen molar-refractivity contribution in [2.75, 3.05) is 25.0 Å². The van der Waals surface area contributed by atoms with E-state index in [1.54, 1.807) is 18.5 Å². The quantitative estimate of drug-likeness (QED) is 0.813. The first kappa shape index (κ1) is 14.3. The predicted octanol–water partition coefficient (Wildman–Crippen LogP) is 1.26. The van der Waals surface area contributed by atoms with Crippen LogP contribution in [0.3, 0.4) is 0 Å².